The number of benzene rings is 2. The Morgan fingerprint density at radius 2 is 1.69 bits per heavy atom. The van der Waals surface area contributed by atoms with Gasteiger partial charge in [-0.2, -0.15) is 0 Å². The minimum Gasteiger partial charge on any atom is -0.350 e. The summed E-state index contributed by atoms with van der Waals surface area (Å²) in [5.41, 5.74) is 2.42. The Hall–Kier alpha value is -1.80. The highest BCUT2D eigenvalue weighted by molar-refractivity contribution is 7.92. The predicted octanol–water partition coefficient (Wildman–Crippen LogP) is 4.45. The largest absolute Gasteiger partial charge is 0.350 e. The highest BCUT2D eigenvalue weighted by Crippen LogP contribution is 2.28. The molecule has 0 bridgehead atoms. The fraction of sp³-hybridized carbons (Fsp3) is 0.435. The van der Waals surface area contributed by atoms with Crippen molar-refractivity contribution in [3.8, 4) is 0 Å². The predicted molar refractivity (Wildman–Crippen MR) is 131 cm³/mol. The van der Waals surface area contributed by atoms with Gasteiger partial charge in [0.2, 0.25) is 15.9 Å². The van der Waals surface area contributed by atoms with Crippen molar-refractivity contribution in [2.24, 2.45) is 0 Å². The molecule has 0 radical (unpaired) electrons. The lowest BCUT2D eigenvalue weighted by atomic mass is 10.1. The van der Waals surface area contributed by atoms with Crippen molar-refractivity contribution in [1.82, 2.24) is 10.2 Å². The molecule has 1 aliphatic heterocycles. The number of hydrogen-bond acceptors (Lipinski definition) is 4. The number of rotatable bonds is 8. The number of carbonyl (C=O) groups is 1. The molecule has 1 heterocycles. The maximum Gasteiger partial charge on any atom is 0.243 e. The molecule has 0 aromatic heterocycles. The average Bonchev–Trinajstić information content (AvgIpc) is 2.71. The van der Waals surface area contributed by atoms with Crippen LogP contribution in [0.25, 0.3) is 0 Å². The Balaban J connectivity index is 1.68. The number of sulfonamides is 1. The van der Waals surface area contributed by atoms with Gasteiger partial charge in [-0.3, -0.25) is 14.0 Å². The second kappa shape index (κ2) is 10.9. The first kappa shape index (κ1) is 24.8. The van der Waals surface area contributed by atoms with Crippen molar-refractivity contribution in [1.29, 1.82) is 0 Å². The standard InChI is InChI=1S/C23H29Cl2N3O3S/c1-17(28(32(2,30)31)22-13-20(24)12-21(25)14-22)23(29)26-15-18-7-6-8-19(11-18)16-27-9-4-3-5-10-27/h6-8,11-14,17H,3-5,9-10,15-16H2,1-2H3,(H,26,29)/t17-/m1/s1. The summed E-state index contributed by atoms with van der Waals surface area (Å²) in [6.45, 7) is 4.99. The Morgan fingerprint density at radius 3 is 2.31 bits per heavy atom. The van der Waals surface area contributed by atoms with Gasteiger partial charge in [0.1, 0.15) is 6.04 Å². The fourth-order valence-electron chi connectivity index (χ4n) is 4.03. The molecule has 9 heteroatoms. The van der Waals surface area contributed by atoms with Gasteiger partial charge in [0.25, 0.3) is 0 Å². The quantitative estimate of drug-likeness (QED) is 0.584. The third-order valence-corrected chi connectivity index (χ3v) is 7.18. The number of carbonyl (C=O) groups excluding carboxylic acids is 1. The highest BCUT2D eigenvalue weighted by Gasteiger charge is 2.29. The molecule has 3 rings (SSSR count). The summed E-state index contributed by atoms with van der Waals surface area (Å²) < 4.78 is 26.0. The lowest BCUT2D eigenvalue weighted by Gasteiger charge is -2.28. The first-order valence-electron chi connectivity index (χ1n) is 10.7. The second-order valence-electron chi connectivity index (χ2n) is 8.24. The van der Waals surface area contributed by atoms with Crippen LogP contribution in [-0.4, -0.2) is 44.6 Å². The van der Waals surface area contributed by atoms with Crippen LogP contribution in [0.5, 0.6) is 0 Å². The summed E-state index contributed by atoms with van der Waals surface area (Å²) in [5, 5.41) is 3.44. The van der Waals surface area contributed by atoms with E-state index in [1.165, 1.54) is 49.9 Å². The van der Waals surface area contributed by atoms with E-state index in [0.717, 1.165) is 35.8 Å². The van der Waals surface area contributed by atoms with Crippen molar-refractivity contribution in [2.75, 3.05) is 23.7 Å². The third kappa shape index (κ3) is 6.85. The van der Waals surface area contributed by atoms with E-state index in [0.29, 0.717) is 16.6 Å². The van der Waals surface area contributed by atoms with E-state index < -0.39 is 22.0 Å². The van der Waals surface area contributed by atoms with Gasteiger partial charge < -0.3 is 5.32 Å². The normalized spacial score (nSPS) is 15.9. The molecule has 2 aromatic rings. The van der Waals surface area contributed by atoms with Gasteiger partial charge in [0, 0.05) is 23.1 Å². The highest BCUT2D eigenvalue weighted by atomic mass is 35.5. The van der Waals surface area contributed by atoms with Crippen LogP contribution in [0.15, 0.2) is 42.5 Å². The maximum atomic E-state index is 12.9. The number of nitrogens with one attached hydrogen (secondary N) is 1. The molecule has 2 aromatic carbocycles. The Morgan fingerprint density at radius 1 is 1.06 bits per heavy atom. The molecule has 174 valence electrons. The number of hydrogen-bond donors (Lipinski definition) is 1. The zero-order valence-electron chi connectivity index (χ0n) is 18.4. The van der Waals surface area contributed by atoms with E-state index in [-0.39, 0.29) is 5.69 Å². The molecule has 1 saturated heterocycles. The van der Waals surface area contributed by atoms with E-state index in [1.807, 2.05) is 12.1 Å². The summed E-state index contributed by atoms with van der Waals surface area (Å²) in [6, 6.07) is 11.6. The van der Waals surface area contributed by atoms with Crippen molar-refractivity contribution in [3.63, 3.8) is 0 Å². The molecule has 1 amide bonds. The smallest absolute Gasteiger partial charge is 0.243 e. The van der Waals surface area contributed by atoms with E-state index >= 15 is 0 Å². The van der Waals surface area contributed by atoms with Crippen LogP contribution in [0.2, 0.25) is 10.0 Å². The monoisotopic (exact) mass is 497 g/mol. The number of likely N-dealkylation sites (tertiary alicyclic amines) is 1. The lowest BCUT2D eigenvalue weighted by molar-refractivity contribution is -0.122. The number of piperidine rings is 1. The van der Waals surface area contributed by atoms with Crippen LogP contribution in [-0.2, 0) is 27.9 Å². The van der Waals surface area contributed by atoms with Crippen LogP contribution in [0.4, 0.5) is 5.69 Å². The third-order valence-electron chi connectivity index (χ3n) is 5.50. The first-order valence-corrected chi connectivity index (χ1v) is 13.3. The molecule has 0 saturated carbocycles. The van der Waals surface area contributed by atoms with Crippen molar-refractivity contribution < 1.29 is 13.2 Å². The van der Waals surface area contributed by atoms with Gasteiger partial charge in [-0.1, -0.05) is 53.9 Å². The molecule has 0 spiro atoms. The molecule has 32 heavy (non-hydrogen) atoms. The van der Waals surface area contributed by atoms with Crippen LogP contribution in [0, 0.1) is 0 Å². The van der Waals surface area contributed by atoms with Gasteiger partial charge in [-0.25, -0.2) is 8.42 Å². The zero-order valence-corrected chi connectivity index (χ0v) is 20.7. The van der Waals surface area contributed by atoms with Crippen LogP contribution in [0.3, 0.4) is 0 Å². The summed E-state index contributed by atoms with van der Waals surface area (Å²) in [5.74, 6) is -0.409. The summed E-state index contributed by atoms with van der Waals surface area (Å²) in [7, 11) is -3.75. The van der Waals surface area contributed by atoms with Crippen LogP contribution in [0.1, 0.15) is 37.3 Å². The fourth-order valence-corrected chi connectivity index (χ4v) is 5.70. The Bertz CT molecular complexity index is 1040. The molecular weight excluding hydrogens is 469 g/mol. The van der Waals surface area contributed by atoms with E-state index in [9.17, 15) is 13.2 Å². The van der Waals surface area contributed by atoms with Crippen molar-refractivity contribution in [2.45, 2.75) is 45.3 Å². The minimum absolute atomic E-state index is 0.246. The van der Waals surface area contributed by atoms with Crippen LogP contribution >= 0.6 is 23.2 Å². The molecule has 1 fully saturated rings. The summed E-state index contributed by atoms with van der Waals surface area (Å²) in [4.78, 5) is 15.3. The van der Waals surface area contributed by atoms with Crippen molar-refractivity contribution in [3.05, 3.63) is 63.6 Å². The van der Waals surface area contributed by atoms with Crippen LogP contribution < -0.4 is 9.62 Å². The first-order chi connectivity index (χ1) is 15.1. The minimum atomic E-state index is -3.75. The molecule has 0 unspecified atom stereocenters. The van der Waals surface area contributed by atoms with Gasteiger partial charge in [-0.15, -0.1) is 0 Å². The van der Waals surface area contributed by atoms with Gasteiger partial charge in [0.15, 0.2) is 0 Å². The van der Waals surface area contributed by atoms with Gasteiger partial charge in [0.05, 0.1) is 11.9 Å². The number of halogens is 2. The lowest BCUT2D eigenvalue weighted by Crippen LogP contribution is -2.47. The Labute approximate surface area is 200 Å². The second-order valence-corrected chi connectivity index (χ2v) is 11.0. The van der Waals surface area contributed by atoms with Gasteiger partial charge >= 0.3 is 0 Å². The molecule has 1 N–H and O–H groups in total. The van der Waals surface area contributed by atoms with Gasteiger partial charge in [-0.05, 0) is 62.2 Å². The molecule has 0 aliphatic carbocycles. The number of amides is 1. The summed E-state index contributed by atoms with van der Waals surface area (Å²) >= 11 is 12.1. The SMILES string of the molecule is C[C@H](C(=O)NCc1cccc(CN2CCCCC2)c1)N(c1cc(Cl)cc(Cl)c1)S(C)(=O)=O. The summed E-state index contributed by atoms with van der Waals surface area (Å²) in [6.07, 6.45) is 4.83. The Kier molecular flexibility index (Phi) is 8.44. The number of nitrogens with zero attached hydrogens (tertiary/aromatic N) is 2. The molecule has 1 atom stereocenters. The zero-order chi connectivity index (χ0) is 23.3. The van der Waals surface area contributed by atoms with Crippen molar-refractivity contribution >= 4 is 44.8 Å². The van der Waals surface area contributed by atoms with E-state index in [1.54, 1.807) is 0 Å². The topological polar surface area (TPSA) is 69.7 Å². The average molecular weight is 498 g/mol. The molecular formula is C23H29Cl2N3O3S. The maximum absolute atomic E-state index is 12.9. The molecule has 1 aliphatic rings. The van der Waals surface area contributed by atoms with E-state index in [2.05, 4.69) is 22.3 Å². The number of anilines is 1. The van der Waals surface area contributed by atoms with E-state index in [4.69, 9.17) is 23.2 Å². The molecule has 6 nitrogen and oxygen atoms in total.